The van der Waals surface area contributed by atoms with Crippen molar-refractivity contribution in [2.75, 3.05) is 5.32 Å². The van der Waals surface area contributed by atoms with Crippen molar-refractivity contribution in [1.82, 2.24) is 0 Å². The Bertz CT molecular complexity index is 1220. The highest BCUT2D eigenvalue weighted by Crippen LogP contribution is 2.51. The lowest BCUT2D eigenvalue weighted by Gasteiger charge is -2.40. The Kier molecular flexibility index (Phi) is 5.78. The summed E-state index contributed by atoms with van der Waals surface area (Å²) in [6.45, 7) is 1.78. The van der Waals surface area contributed by atoms with Gasteiger partial charge in [0, 0.05) is 11.3 Å². The second-order valence-corrected chi connectivity index (χ2v) is 11.3. The number of nitrogens with zero attached hydrogens (tertiary/aromatic N) is 1. The largest absolute Gasteiger partial charge is 0.390 e. The van der Waals surface area contributed by atoms with Gasteiger partial charge in [0.15, 0.2) is 9.84 Å². The molecule has 0 aliphatic heterocycles. The average molecular weight is 477 g/mol. The fraction of sp³-hybridized carbons (Fsp3) is 0.391. The van der Waals surface area contributed by atoms with Crippen molar-refractivity contribution >= 4 is 33.0 Å². The highest BCUT2D eigenvalue weighted by Gasteiger charge is 2.53. The fourth-order valence-corrected chi connectivity index (χ4v) is 7.35. The van der Waals surface area contributed by atoms with E-state index in [1.807, 2.05) is 0 Å². The van der Waals surface area contributed by atoms with E-state index in [0.717, 1.165) is 18.9 Å². The molecular formula is C23H22ClFN2O4S. The molecule has 4 rings (SSSR count). The van der Waals surface area contributed by atoms with Crippen LogP contribution in [-0.4, -0.2) is 30.3 Å². The summed E-state index contributed by atoms with van der Waals surface area (Å²) in [5, 5.41) is 21.5. The van der Waals surface area contributed by atoms with Gasteiger partial charge in [-0.15, -0.1) is 0 Å². The molecule has 0 aromatic heterocycles. The number of anilines is 1. The smallest absolute Gasteiger partial charge is 0.255 e. The first-order chi connectivity index (χ1) is 15.0. The van der Waals surface area contributed by atoms with Gasteiger partial charge in [0.25, 0.3) is 5.91 Å². The van der Waals surface area contributed by atoms with Gasteiger partial charge >= 0.3 is 0 Å². The molecule has 168 valence electrons. The molecule has 0 spiro atoms. The minimum Gasteiger partial charge on any atom is -0.390 e. The molecule has 2 bridgehead atoms. The number of benzene rings is 2. The zero-order valence-electron chi connectivity index (χ0n) is 17.3. The quantitative estimate of drug-likeness (QED) is 0.683. The summed E-state index contributed by atoms with van der Waals surface area (Å²) in [6, 6.07) is 9.29. The van der Waals surface area contributed by atoms with E-state index in [2.05, 4.69) is 5.32 Å². The molecule has 2 N–H and O–H groups in total. The average Bonchev–Trinajstić information content (AvgIpc) is 2.92. The van der Waals surface area contributed by atoms with Crippen LogP contribution in [0.2, 0.25) is 5.02 Å². The molecule has 2 fully saturated rings. The Hall–Kier alpha value is -2.47. The second-order valence-electron chi connectivity index (χ2n) is 8.74. The van der Waals surface area contributed by atoms with Gasteiger partial charge in [-0.1, -0.05) is 11.6 Å². The van der Waals surface area contributed by atoms with E-state index >= 15 is 0 Å². The number of halogens is 2. The van der Waals surface area contributed by atoms with Crippen molar-refractivity contribution in [3.8, 4) is 6.07 Å². The standard InChI is InChI=1S/C23H22ClFN2O4S/c1-23(29)15-3-4-16(23)11-18(10-15)32(30,31)21-9-13(2-6-19(21)24)22(28)27-17-5-7-20(25)14(8-17)12-26/h2,5-9,15-16,18,29H,3-4,10-11H2,1H3,(H,27,28)/t15-,16?,18-,23-/m1/s1. The van der Waals surface area contributed by atoms with Crippen LogP contribution < -0.4 is 5.32 Å². The molecule has 4 atom stereocenters. The third-order valence-electron chi connectivity index (χ3n) is 6.89. The summed E-state index contributed by atoms with van der Waals surface area (Å²) in [4.78, 5) is 12.6. The fourth-order valence-electron chi connectivity index (χ4n) is 4.95. The number of carbonyl (C=O) groups excluding carboxylic acids is 1. The topological polar surface area (TPSA) is 107 Å². The van der Waals surface area contributed by atoms with Crippen LogP contribution in [0.25, 0.3) is 0 Å². The molecule has 2 aliphatic rings. The zero-order valence-corrected chi connectivity index (χ0v) is 18.9. The molecule has 0 radical (unpaired) electrons. The van der Waals surface area contributed by atoms with Gasteiger partial charge in [-0.25, -0.2) is 12.8 Å². The first kappa shape index (κ1) is 22.7. The summed E-state index contributed by atoms with van der Waals surface area (Å²) in [5.74, 6) is -1.48. The van der Waals surface area contributed by atoms with Crippen molar-refractivity contribution in [1.29, 1.82) is 5.26 Å². The first-order valence-corrected chi connectivity index (χ1v) is 12.2. The number of amides is 1. The van der Waals surface area contributed by atoms with E-state index in [-0.39, 0.29) is 38.6 Å². The predicted octanol–water partition coefficient (Wildman–Crippen LogP) is 4.32. The zero-order chi connectivity index (χ0) is 23.3. The van der Waals surface area contributed by atoms with Crippen molar-refractivity contribution in [3.05, 3.63) is 58.4 Å². The van der Waals surface area contributed by atoms with Gasteiger partial charge < -0.3 is 10.4 Å². The molecular weight excluding hydrogens is 455 g/mol. The maximum atomic E-state index is 13.5. The van der Waals surface area contributed by atoms with Crippen LogP contribution in [0.15, 0.2) is 41.3 Å². The van der Waals surface area contributed by atoms with Gasteiger partial charge in [-0.05, 0) is 80.8 Å². The highest BCUT2D eigenvalue weighted by molar-refractivity contribution is 7.92. The van der Waals surface area contributed by atoms with E-state index in [9.17, 15) is 22.7 Å². The molecule has 1 unspecified atom stereocenters. The summed E-state index contributed by atoms with van der Waals surface area (Å²) in [7, 11) is -3.83. The van der Waals surface area contributed by atoms with E-state index < -0.39 is 32.4 Å². The number of hydrogen-bond donors (Lipinski definition) is 2. The van der Waals surface area contributed by atoms with Crippen molar-refractivity contribution in [2.24, 2.45) is 11.8 Å². The molecule has 6 nitrogen and oxygen atoms in total. The van der Waals surface area contributed by atoms with Gasteiger partial charge in [-0.3, -0.25) is 4.79 Å². The van der Waals surface area contributed by atoms with Crippen LogP contribution in [0.4, 0.5) is 10.1 Å². The number of rotatable bonds is 4. The van der Waals surface area contributed by atoms with Crippen LogP contribution in [0.1, 0.15) is 48.5 Å². The molecule has 0 saturated heterocycles. The van der Waals surface area contributed by atoms with Crippen LogP contribution in [-0.2, 0) is 9.84 Å². The highest BCUT2D eigenvalue weighted by atomic mass is 35.5. The van der Waals surface area contributed by atoms with Crippen LogP contribution in [0, 0.1) is 29.0 Å². The SMILES string of the molecule is C[C@]1(O)C2CC[C@@H]1C[C@@H](S(=O)(=O)c1cc(C(=O)Nc3ccc(F)c(C#N)c3)ccc1Cl)C2. The van der Waals surface area contributed by atoms with Crippen LogP contribution in [0.3, 0.4) is 0 Å². The monoisotopic (exact) mass is 476 g/mol. The number of nitriles is 1. The Morgan fingerprint density at radius 1 is 1.22 bits per heavy atom. The number of sulfone groups is 1. The maximum absolute atomic E-state index is 13.5. The van der Waals surface area contributed by atoms with Crippen LogP contribution in [0.5, 0.6) is 0 Å². The molecule has 2 aliphatic carbocycles. The van der Waals surface area contributed by atoms with Crippen LogP contribution >= 0.6 is 11.6 Å². The molecule has 9 heteroatoms. The maximum Gasteiger partial charge on any atom is 0.255 e. The van der Waals surface area contributed by atoms with Crippen molar-refractivity contribution in [3.63, 3.8) is 0 Å². The molecule has 2 aromatic carbocycles. The van der Waals surface area contributed by atoms with Gasteiger partial charge in [0.2, 0.25) is 0 Å². The van der Waals surface area contributed by atoms with Crippen molar-refractivity contribution in [2.45, 2.75) is 48.4 Å². The number of fused-ring (bicyclic) bond motifs is 2. The van der Waals surface area contributed by atoms with Crippen molar-refractivity contribution < 1.29 is 22.7 Å². The summed E-state index contributed by atoms with van der Waals surface area (Å²) in [5.41, 5.74) is -0.792. The third-order valence-corrected chi connectivity index (χ3v) is 9.55. The normalized spacial score (nSPS) is 27.0. The summed E-state index contributed by atoms with van der Waals surface area (Å²) in [6.07, 6.45) is 2.29. The third kappa shape index (κ3) is 3.90. The first-order valence-electron chi connectivity index (χ1n) is 10.3. The Balaban J connectivity index is 1.60. The second kappa shape index (κ2) is 8.14. The van der Waals surface area contributed by atoms with E-state index in [0.29, 0.717) is 12.8 Å². The lowest BCUT2D eigenvalue weighted by atomic mass is 9.76. The number of aliphatic hydroxyl groups is 1. The van der Waals surface area contributed by atoms with Gasteiger partial charge in [0.05, 0.1) is 26.3 Å². The number of carbonyl (C=O) groups is 1. The minimum absolute atomic E-state index is 0.0276. The molecule has 32 heavy (non-hydrogen) atoms. The lowest BCUT2D eigenvalue weighted by molar-refractivity contribution is -0.0413. The number of hydrogen-bond acceptors (Lipinski definition) is 5. The molecule has 2 saturated carbocycles. The van der Waals surface area contributed by atoms with Gasteiger partial charge in [-0.2, -0.15) is 5.26 Å². The molecule has 2 aromatic rings. The van der Waals surface area contributed by atoms with Gasteiger partial charge in [0.1, 0.15) is 11.9 Å². The van der Waals surface area contributed by atoms with E-state index in [1.165, 1.54) is 30.3 Å². The molecule has 0 heterocycles. The lowest BCUT2D eigenvalue weighted by Crippen LogP contribution is -2.45. The predicted molar refractivity (Wildman–Crippen MR) is 118 cm³/mol. The van der Waals surface area contributed by atoms with E-state index in [4.69, 9.17) is 16.9 Å². The Labute approximate surface area is 190 Å². The molecule has 1 amide bonds. The minimum atomic E-state index is -3.83. The Morgan fingerprint density at radius 2 is 1.88 bits per heavy atom. The summed E-state index contributed by atoms with van der Waals surface area (Å²) < 4.78 is 40.3. The van der Waals surface area contributed by atoms with E-state index in [1.54, 1.807) is 13.0 Å². The summed E-state index contributed by atoms with van der Waals surface area (Å²) >= 11 is 6.23. The number of nitrogens with one attached hydrogen (secondary N) is 1. The Morgan fingerprint density at radius 3 is 2.50 bits per heavy atom.